The predicted molar refractivity (Wildman–Crippen MR) is 137 cm³/mol. The molecule has 36 heavy (non-hydrogen) atoms. The first-order valence-corrected chi connectivity index (χ1v) is 12.3. The summed E-state index contributed by atoms with van der Waals surface area (Å²) >= 11 is 0. The Bertz CT molecular complexity index is 1660. The van der Waals surface area contributed by atoms with Gasteiger partial charge in [-0.15, -0.1) is 0 Å². The monoisotopic (exact) mass is 481 g/mol. The predicted octanol–water partition coefficient (Wildman–Crippen LogP) is 4.93. The standard InChI is InChI=1S/C28H27N5O3/c1-16-7-6-10-21-25(16)20(14-29-21)17(2)32-23-15-30-26(19-11-12-19)31-27(23)33(28(32)36)22(13-24(34)35)18-8-4-3-5-9-18/h3-10,14-15,17,19,22,29H,11-13H2,1-2H3,(H,34,35). The molecule has 3 aromatic heterocycles. The molecule has 0 spiro atoms. The van der Waals surface area contributed by atoms with Crippen molar-refractivity contribution >= 4 is 28.0 Å². The summed E-state index contributed by atoms with van der Waals surface area (Å²) in [6, 6.07) is 14.4. The van der Waals surface area contributed by atoms with E-state index in [-0.39, 0.29) is 18.2 Å². The van der Waals surface area contributed by atoms with Gasteiger partial charge in [-0.2, -0.15) is 0 Å². The number of nitrogens with one attached hydrogen (secondary N) is 1. The zero-order chi connectivity index (χ0) is 25.0. The number of hydrogen-bond donors (Lipinski definition) is 2. The van der Waals surface area contributed by atoms with Crippen LogP contribution in [0.25, 0.3) is 22.1 Å². The molecule has 2 unspecified atom stereocenters. The number of H-pyrrole nitrogens is 1. The van der Waals surface area contributed by atoms with Crippen molar-refractivity contribution in [2.45, 2.75) is 51.1 Å². The van der Waals surface area contributed by atoms with Gasteiger partial charge in [-0.25, -0.2) is 14.8 Å². The maximum atomic E-state index is 14.2. The summed E-state index contributed by atoms with van der Waals surface area (Å²) in [6.07, 6.45) is 5.50. The van der Waals surface area contributed by atoms with Gasteiger partial charge in [-0.05, 0) is 43.9 Å². The van der Waals surface area contributed by atoms with Gasteiger partial charge in [0.25, 0.3) is 0 Å². The van der Waals surface area contributed by atoms with Crippen LogP contribution in [0.2, 0.25) is 0 Å². The van der Waals surface area contributed by atoms with E-state index in [1.54, 1.807) is 15.3 Å². The largest absolute Gasteiger partial charge is 0.481 e. The first-order chi connectivity index (χ1) is 17.4. The van der Waals surface area contributed by atoms with E-state index in [2.05, 4.69) is 23.0 Å². The van der Waals surface area contributed by atoms with Crippen molar-refractivity contribution in [1.29, 1.82) is 0 Å². The van der Waals surface area contributed by atoms with Crippen LogP contribution in [0.5, 0.6) is 0 Å². The van der Waals surface area contributed by atoms with Crippen molar-refractivity contribution in [3.8, 4) is 0 Å². The van der Waals surface area contributed by atoms with Crippen LogP contribution in [0.1, 0.15) is 66.7 Å². The molecule has 0 bridgehead atoms. The Balaban J connectivity index is 1.61. The Kier molecular flexibility index (Phi) is 5.25. The zero-order valence-electron chi connectivity index (χ0n) is 20.2. The molecule has 1 aliphatic carbocycles. The first kappa shape index (κ1) is 22.3. The minimum Gasteiger partial charge on any atom is -0.481 e. The number of aromatic amines is 1. The van der Waals surface area contributed by atoms with E-state index >= 15 is 0 Å². The highest BCUT2D eigenvalue weighted by Gasteiger charge is 2.31. The molecule has 3 heterocycles. The molecule has 8 heteroatoms. The molecular formula is C28H27N5O3. The van der Waals surface area contributed by atoms with E-state index in [0.29, 0.717) is 22.9 Å². The van der Waals surface area contributed by atoms with Crippen molar-refractivity contribution in [2.75, 3.05) is 0 Å². The van der Waals surface area contributed by atoms with Crippen LogP contribution in [-0.2, 0) is 4.79 Å². The molecule has 2 aromatic carbocycles. The molecule has 1 aliphatic rings. The zero-order valence-corrected chi connectivity index (χ0v) is 20.2. The highest BCUT2D eigenvalue weighted by molar-refractivity contribution is 5.87. The molecule has 1 fully saturated rings. The Hall–Kier alpha value is -4.20. The van der Waals surface area contributed by atoms with Crippen LogP contribution in [0.4, 0.5) is 0 Å². The molecular weight excluding hydrogens is 454 g/mol. The molecule has 8 nitrogen and oxygen atoms in total. The minimum atomic E-state index is -0.978. The number of aryl methyl sites for hydroxylation is 1. The van der Waals surface area contributed by atoms with Gasteiger partial charge in [0.1, 0.15) is 11.3 Å². The quantitative estimate of drug-likeness (QED) is 0.343. The minimum absolute atomic E-state index is 0.230. The number of carboxylic acid groups (broad SMARTS) is 1. The van der Waals surface area contributed by atoms with Crippen molar-refractivity contribution in [2.24, 2.45) is 0 Å². The molecule has 0 saturated heterocycles. The number of aromatic nitrogens is 5. The summed E-state index contributed by atoms with van der Waals surface area (Å²) in [6.45, 7) is 4.05. The van der Waals surface area contributed by atoms with E-state index < -0.39 is 12.0 Å². The molecule has 1 saturated carbocycles. The van der Waals surface area contributed by atoms with Crippen molar-refractivity contribution in [1.82, 2.24) is 24.1 Å². The number of rotatable bonds is 7. The van der Waals surface area contributed by atoms with E-state index in [1.807, 2.05) is 55.6 Å². The Morgan fingerprint density at radius 3 is 2.64 bits per heavy atom. The fourth-order valence-electron chi connectivity index (χ4n) is 5.30. The van der Waals surface area contributed by atoms with E-state index in [0.717, 1.165) is 40.4 Å². The second kappa shape index (κ2) is 8.48. The third-order valence-corrected chi connectivity index (χ3v) is 7.26. The lowest BCUT2D eigenvalue weighted by atomic mass is 10.0. The smallest absolute Gasteiger partial charge is 0.331 e. The van der Waals surface area contributed by atoms with E-state index in [1.165, 1.54) is 0 Å². The van der Waals surface area contributed by atoms with Crippen LogP contribution in [0.15, 0.2) is 65.7 Å². The van der Waals surface area contributed by atoms with Gasteiger partial charge in [0.15, 0.2) is 5.65 Å². The fourth-order valence-corrected chi connectivity index (χ4v) is 5.30. The Morgan fingerprint density at radius 2 is 1.92 bits per heavy atom. The summed E-state index contributed by atoms with van der Waals surface area (Å²) in [4.78, 5) is 38.9. The number of hydrogen-bond acceptors (Lipinski definition) is 4. The molecule has 0 aliphatic heterocycles. The maximum Gasteiger partial charge on any atom is 0.331 e. The Labute approximate surface area is 207 Å². The normalized spacial score (nSPS) is 15.4. The number of fused-ring (bicyclic) bond motifs is 2. The lowest BCUT2D eigenvalue weighted by Gasteiger charge is -2.17. The molecule has 182 valence electrons. The number of imidazole rings is 1. The third kappa shape index (κ3) is 3.61. The molecule has 2 N–H and O–H groups in total. The number of nitrogens with zero attached hydrogens (tertiary/aromatic N) is 4. The van der Waals surface area contributed by atoms with Gasteiger partial charge in [0.2, 0.25) is 0 Å². The lowest BCUT2D eigenvalue weighted by molar-refractivity contribution is -0.137. The molecule has 0 amide bonds. The highest BCUT2D eigenvalue weighted by atomic mass is 16.4. The summed E-state index contributed by atoms with van der Waals surface area (Å²) in [5.74, 6) is 0.0317. The van der Waals surface area contributed by atoms with Crippen LogP contribution in [0, 0.1) is 6.92 Å². The lowest BCUT2D eigenvalue weighted by Crippen LogP contribution is -2.31. The molecule has 2 atom stereocenters. The highest BCUT2D eigenvalue weighted by Crippen LogP contribution is 2.39. The van der Waals surface area contributed by atoms with Crippen LogP contribution in [0.3, 0.4) is 0 Å². The average Bonchev–Trinajstić information content (AvgIpc) is 3.56. The fraction of sp³-hybridized carbons (Fsp3) is 0.286. The van der Waals surface area contributed by atoms with Gasteiger partial charge in [0, 0.05) is 28.6 Å². The molecule has 5 aromatic rings. The SMILES string of the molecule is Cc1cccc2[nH]cc(C(C)n3c(=O)n(C(CC(=O)O)c4ccccc4)c4nc(C5CC5)ncc43)c12. The number of carbonyl (C=O) groups is 1. The molecule has 6 rings (SSSR count). The third-order valence-electron chi connectivity index (χ3n) is 7.26. The van der Waals surface area contributed by atoms with Gasteiger partial charge < -0.3 is 10.1 Å². The summed E-state index contributed by atoms with van der Waals surface area (Å²) in [5, 5.41) is 10.9. The van der Waals surface area contributed by atoms with Gasteiger partial charge in [-0.1, -0.05) is 42.5 Å². The van der Waals surface area contributed by atoms with Crippen LogP contribution < -0.4 is 5.69 Å². The molecule has 0 radical (unpaired) electrons. The van der Waals surface area contributed by atoms with Gasteiger partial charge >= 0.3 is 11.7 Å². The average molecular weight is 482 g/mol. The second-order valence-corrected chi connectivity index (χ2v) is 9.68. The summed E-state index contributed by atoms with van der Waals surface area (Å²) < 4.78 is 3.27. The van der Waals surface area contributed by atoms with E-state index in [9.17, 15) is 14.7 Å². The van der Waals surface area contributed by atoms with Crippen LogP contribution >= 0.6 is 0 Å². The number of carboxylic acids is 1. The van der Waals surface area contributed by atoms with Crippen LogP contribution in [-0.4, -0.2) is 35.2 Å². The van der Waals surface area contributed by atoms with Crippen molar-refractivity contribution < 1.29 is 9.90 Å². The topological polar surface area (TPSA) is 106 Å². The number of benzene rings is 2. The van der Waals surface area contributed by atoms with Crippen molar-refractivity contribution in [3.05, 3.63) is 93.9 Å². The van der Waals surface area contributed by atoms with Crippen molar-refractivity contribution in [3.63, 3.8) is 0 Å². The maximum absolute atomic E-state index is 14.2. The summed E-state index contributed by atoms with van der Waals surface area (Å²) in [5.41, 5.74) is 4.66. The van der Waals surface area contributed by atoms with Gasteiger partial charge in [-0.3, -0.25) is 13.9 Å². The Morgan fingerprint density at radius 1 is 1.14 bits per heavy atom. The summed E-state index contributed by atoms with van der Waals surface area (Å²) in [7, 11) is 0. The van der Waals surface area contributed by atoms with Gasteiger partial charge in [0.05, 0.1) is 24.7 Å². The van der Waals surface area contributed by atoms with E-state index in [4.69, 9.17) is 4.98 Å². The second-order valence-electron chi connectivity index (χ2n) is 9.68. The number of aliphatic carboxylic acids is 1. The first-order valence-electron chi connectivity index (χ1n) is 12.3.